The largest absolute Gasteiger partial charge is 0.322 e. The highest BCUT2D eigenvalue weighted by atomic mass is 32.2. The van der Waals surface area contributed by atoms with Gasteiger partial charge in [-0.25, -0.2) is 0 Å². The van der Waals surface area contributed by atoms with Crippen molar-refractivity contribution >= 4 is 35.0 Å². The van der Waals surface area contributed by atoms with E-state index in [1.165, 1.54) is 11.1 Å². The molecule has 1 aliphatic rings. The number of anilines is 2. The fourth-order valence-electron chi connectivity index (χ4n) is 3.87. The lowest BCUT2D eigenvalue weighted by Crippen LogP contribution is -2.28. The van der Waals surface area contributed by atoms with Crippen LogP contribution in [-0.4, -0.2) is 17.6 Å². The molecule has 5 heteroatoms. The number of amides is 2. The molecule has 1 fully saturated rings. The van der Waals surface area contributed by atoms with Crippen LogP contribution in [0.1, 0.15) is 44.9 Å². The van der Waals surface area contributed by atoms with Gasteiger partial charge in [0.25, 0.3) is 5.91 Å². The molecule has 1 saturated heterocycles. The van der Waals surface area contributed by atoms with Crippen molar-refractivity contribution in [3.63, 3.8) is 0 Å². The van der Waals surface area contributed by atoms with E-state index in [0.717, 1.165) is 28.9 Å². The number of thioether (sulfide) groups is 1. The maximum Gasteiger partial charge on any atom is 0.255 e. The van der Waals surface area contributed by atoms with E-state index in [-0.39, 0.29) is 17.2 Å². The van der Waals surface area contributed by atoms with E-state index in [2.05, 4.69) is 25.2 Å². The fraction of sp³-hybridized carbons (Fsp3) is 0.231. The van der Waals surface area contributed by atoms with Gasteiger partial charge in [0.05, 0.1) is 5.75 Å². The van der Waals surface area contributed by atoms with Crippen molar-refractivity contribution in [2.75, 3.05) is 16.0 Å². The molecule has 4 nitrogen and oxygen atoms in total. The van der Waals surface area contributed by atoms with Gasteiger partial charge in [-0.1, -0.05) is 48.9 Å². The van der Waals surface area contributed by atoms with E-state index in [4.69, 9.17) is 0 Å². The Kier molecular flexibility index (Phi) is 6.14. The zero-order chi connectivity index (χ0) is 22.0. The van der Waals surface area contributed by atoms with E-state index in [1.807, 2.05) is 72.5 Å². The Balaban J connectivity index is 1.58. The lowest BCUT2D eigenvalue weighted by Gasteiger charge is -2.26. The average molecular weight is 431 g/mol. The van der Waals surface area contributed by atoms with Crippen molar-refractivity contribution in [2.45, 2.75) is 32.6 Å². The predicted molar refractivity (Wildman–Crippen MR) is 129 cm³/mol. The van der Waals surface area contributed by atoms with Gasteiger partial charge in [-0.15, -0.1) is 11.8 Å². The lowest BCUT2D eigenvalue weighted by molar-refractivity contribution is -0.115. The molecule has 0 aliphatic carbocycles. The van der Waals surface area contributed by atoms with Gasteiger partial charge in [0.15, 0.2) is 0 Å². The van der Waals surface area contributed by atoms with Crippen LogP contribution in [0.25, 0.3) is 0 Å². The number of carbonyl (C=O) groups excluding carboxylic acids is 2. The summed E-state index contributed by atoms with van der Waals surface area (Å²) in [6.07, 6.45) is 0.943. The van der Waals surface area contributed by atoms with Gasteiger partial charge >= 0.3 is 0 Å². The first-order valence-electron chi connectivity index (χ1n) is 10.5. The molecule has 3 aromatic rings. The number of aryl methyl sites for hydroxylation is 3. The molecule has 0 aromatic heterocycles. The van der Waals surface area contributed by atoms with Crippen LogP contribution in [0.5, 0.6) is 0 Å². The van der Waals surface area contributed by atoms with E-state index >= 15 is 0 Å². The third-order valence-electron chi connectivity index (χ3n) is 5.53. The maximum absolute atomic E-state index is 12.7. The summed E-state index contributed by atoms with van der Waals surface area (Å²) in [6, 6.07) is 21.6. The van der Waals surface area contributed by atoms with Crippen molar-refractivity contribution in [3.8, 4) is 0 Å². The van der Waals surface area contributed by atoms with Crippen molar-refractivity contribution in [1.29, 1.82) is 0 Å². The van der Waals surface area contributed by atoms with Crippen molar-refractivity contribution in [2.24, 2.45) is 0 Å². The van der Waals surface area contributed by atoms with Gasteiger partial charge in [0.1, 0.15) is 5.37 Å². The Morgan fingerprint density at radius 1 is 1.06 bits per heavy atom. The molecule has 31 heavy (non-hydrogen) atoms. The minimum Gasteiger partial charge on any atom is -0.322 e. The van der Waals surface area contributed by atoms with E-state index in [9.17, 15) is 9.59 Å². The minimum atomic E-state index is -0.138. The molecule has 0 radical (unpaired) electrons. The Morgan fingerprint density at radius 2 is 1.84 bits per heavy atom. The second kappa shape index (κ2) is 8.98. The Morgan fingerprint density at radius 3 is 2.55 bits per heavy atom. The van der Waals surface area contributed by atoms with Crippen LogP contribution < -0.4 is 10.2 Å². The highest BCUT2D eigenvalue weighted by Crippen LogP contribution is 2.43. The number of nitrogens with one attached hydrogen (secondary N) is 1. The molecule has 158 valence electrons. The molecular weight excluding hydrogens is 404 g/mol. The number of hydrogen-bond acceptors (Lipinski definition) is 3. The normalized spacial score (nSPS) is 15.9. The Bertz CT molecular complexity index is 1120. The Hall–Kier alpha value is -3.05. The van der Waals surface area contributed by atoms with E-state index in [1.54, 1.807) is 11.8 Å². The summed E-state index contributed by atoms with van der Waals surface area (Å²) in [5, 5.41) is 2.88. The van der Waals surface area contributed by atoms with E-state index < -0.39 is 0 Å². The molecule has 2 amide bonds. The van der Waals surface area contributed by atoms with Gasteiger partial charge in [-0.05, 0) is 67.3 Å². The third-order valence-corrected chi connectivity index (χ3v) is 6.75. The maximum atomic E-state index is 12.7. The number of carbonyl (C=O) groups is 2. The molecule has 3 aromatic carbocycles. The lowest BCUT2D eigenvalue weighted by atomic mass is 10.1. The standard InChI is InChI=1S/C26H26N2O2S/c1-4-19-9-11-20(12-10-19)25(30)27-22-7-5-6-21(15-22)26-28(24(29)16-31-26)23-13-8-17(2)14-18(23)3/h5-15,26H,4,16H2,1-3H3,(H,27,30). The summed E-state index contributed by atoms with van der Waals surface area (Å²) in [6.45, 7) is 6.18. The first-order chi connectivity index (χ1) is 15.0. The molecule has 0 spiro atoms. The molecule has 1 atom stereocenters. The van der Waals surface area contributed by atoms with Crippen molar-refractivity contribution in [3.05, 3.63) is 94.5 Å². The second-order valence-electron chi connectivity index (χ2n) is 7.85. The average Bonchev–Trinajstić information content (AvgIpc) is 3.15. The van der Waals surface area contributed by atoms with Crippen LogP contribution in [0.15, 0.2) is 66.7 Å². The van der Waals surface area contributed by atoms with Crippen molar-refractivity contribution in [1.82, 2.24) is 0 Å². The first kappa shape index (κ1) is 21.2. The van der Waals surface area contributed by atoms with Crippen LogP contribution in [0.4, 0.5) is 11.4 Å². The summed E-state index contributed by atoms with van der Waals surface area (Å²) < 4.78 is 0. The van der Waals surface area contributed by atoms with Crippen LogP contribution in [0, 0.1) is 13.8 Å². The summed E-state index contributed by atoms with van der Waals surface area (Å²) in [7, 11) is 0. The van der Waals surface area contributed by atoms with Crippen molar-refractivity contribution < 1.29 is 9.59 Å². The quantitative estimate of drug-likeness (QED) is 0.548. The minimum absolute atomic E-state index is 0.104. The molecule has 0 bridgehead atoms. The molecule has 0 saturated carbocycles. The van der Waals surface area contributed by atoms with Gasteiger partial charge < -0.3 is 5.32 Å². The zero-order valence-electron chi connectivity index (χ0n) is 18.0. The predicted octanol–water partition coefficient (Wildman–Crippen LogP) is 5.90. The highest BCUT2D eigenvalue weighted by Gasteiger charge is 2.34. The third kappa shape index (κ3) is 4.52. The molecule has 1 N–H and O–H groups in total. The van der Waals surface area contributed by atoms with Crippen LogP contribution in [0.3, 0.4) is 0 Å². The Labute approximate surface area is 187 Å². The molecular formula is C26H26N2O2S. The summed E-state index contributed by atoms with van der Waals surface area (Å²) in [5.74, 6) is 0.409. The van der Waals surface area contributed by atoms with Gasteiger partial charge in [-0.3, -0.25) is 14.5 Å². The van der Waals surface area contributed by atoms with Crippen LogP contribution in [0.2, 0.25) is 0 Å². The SMILES string of the molecule is CCc1ccc(C(=O)Nc2cccc(C3SCC(=O)N3c3ccc(C)cc3C)c2)cc1. The number of rotatable bonds is 5. The zero-order valence-corrected chi connectivity index (χ0v) is 18.8. The smallest absolute Gasteiger partial charge is 0.255 e. The fourth-order valence-corrected chi connectivity index (χ4v) is 5.03. The molecule has 4 rings (SSSR count). The van der Waals surface area contributed by atoms with Crippen LogP contribution in [-0.2, 0) is 11.2 Å². The highest BCUT2D eigenvalue weighted by molar-refractivity contribution is 8.00. The van der Waals surface area contributed by atoms with Gasteiger partial charge in [-0.2, -0.15) is 0 Å². The summed E-state index contributed by atoms with van der Waals surface area (Å²) in [5.41, 5.74) is 6.75. The summed E-state index contributed by atoms with van der Waals surface area (Å²) in [4.78, 5) is 27.3. The summed E-state index contributed by atoms with van der Waals surface area (Å²) >= 11 is 1.61. The van der Waals surface area contributed by atoms with Crippen LogP contribution >= 0.6 is 11.8 Å². The van der Waals surface area contributed by atoms with Gasteiger partial charge in [0.2, 0.25) is 5.91 Å². The second-order valence-corrected chi connectivity index (χ2v) is 8.92. The number of benzene rings is 3. The molecule has 1 aliphatic heterocycles. The first-order valence-corrected chi connectivity index (χ1v) is 11.5. The molecule has 1 unspecified atom stereocenters. The molecule has 1 heterocycles. The topological polar surface area (TPSA) is 49.4 Å². The number of hydrogen-bond donors (Lipinski definition) is 1. The monoisotopic (exact) mass is 430 g/mol. The number of nitrogens with zero attached hydrogens (tertiary/aromatic N) is 1. The van der Waals surface area contributed by atoms with E-state index in [0.29, 0.717) is 11.3 Å². The van der Waals surface area contributed by atoms with Gasteiger partial charge in [0, 0.05) is 16.9 Å².